The molecule has 7 heteroatoms. The molecule has 0 radical (unpaired) electrons. The Morgan fingerprint density at radius 1 is 0.282 bits per heavy atom. The fraction of sp³-hybridized carbons (Fsp3) is 0.218. The Labute approximate surface area is 691 Å². The van der Waals surface area contributed by atoms with Crippen LogP contribution < -0.4 is 26.2 Å². The molecule has 0 saturated heterocycles. The Morgan fingerprint density at radius 3 is 0.983 bits per heavy atom. The van der Waals surface area contributed by atoms with Crippen molar-refractivity contribution in [2.75, 3.05) is 9.80 Å². The van der Waals surface area contributed by atoms with Gasteiger partial charge >= 0.3 is 0 Å². The van der Waals surface area contributed by atoms with Crippen molar-refractivity contribution >= 4 is 107 Å². The number of hydrogen-bond acceptors (Lipinski definition) is 3. The second kappa shape index (κ2) is 27.5. The van der Waals surface area contributed by atoms with Crippen LogP contribution >= 0.6 is 0 Å². The van der Waals surface area contributed by atoms with Gasteiger partial charge in [-0.3, -0.25) is 0 Å². The SMILES string of the molecule is [C-]#[N+]c1ccc(-c2ccc(N3c4cc(-n5c6ccc(C(C)(C)C)cc6c6cc(C(C)(C)C)ccc65)ccc4B4c5ccc(-n6c7ccc(C(C)(C)C)cc7c7cc(C(C)(C)C)ccc76)cc5N(c5ccc(-c6ccc(C#N)cc6)cc5-c5cccc(C(C)(C)C)c5)c5cc(-c6ccccc6)cc3c54)c(-c3cccc(C(C)(C)C)c3)c2)cc1. The molecule has 14 aromatic carbocycles. The average molecular weight is 1520 g/mol. The van der Waals surface area contributed by atoms with Crippen LogP contribution in [-0.2, 0) is 32.5 Å². The first-order valence-corrected chi connectivity index (χ1v) is 41.5. The summed E-state index contributed by atoms with van der Waals surface area (Å²) >= 11 is 0. The van der Waals surface area contributed by atoms with Gasteiger partial charge in [0.05, 0.1) is 51.6 Å². The highest BCUT2D eigenvalue weighted by molar-refractivity contribution is 7.00. The van der Waals surface area contributed by atoms with Crippen molar-refractivity contribution in [2.24, 2.45) is 0 Å². The normalized spacial score (nSPS) is 13.1. The summed E-state index contributed by atoms with van der Waals surface area (Å²) in [5, 5.41) is 15.1. The van der Waals surface area contributed by atoms with Gasteiger partial charge in [-0.15, -0.1) is 0 Å². The third-order valence-electron chi connectivity index (χ3n) is 24.9. The van der Waals surface area contributed by atoms with Crippen LogP contribution in [0.3, 0.4) is 0 Å². The third-order valence-corrected chi connectivity index (χ3v) is 24.9. The Bertz CT molecular complexity index is 6290. The highest BCUT2D eigenvalue weighted by Crippen LogP contribution is 2.53. The zero-order chi connectivity index (χ0) is 81.9. The van der Waals surface area contributed by atoms with Gasteiger partial charge in [0.15, 0.2) is 5.69 Å². The number of anilines is 6. The van der Waals surface area contributed by atoms with Crippen LogP contribution in [0.4, 0.5) is 39.8 Å². The molecule has 0 aliphatic carbocycles. The van der Waals surface area contributed by atoms with Crippen LogP contribution in [0.5, 0.6) is 0 Å². The van der Waals surface area contributed by atoms with E-state index in [-0.39, 0.29) is 39.2 Å². The molecule has 0 unspecified atom stereocenters. The van der Waals surface area contributed by atoms with Gasteiger partial charge in [-0.2, -0.15) is 5.26 Å². The second-order valence-corrected chi connectivity index (χ2v) is 39.0. The monoisotopic (exact) mass is 1520 g/mol. The number of nitrogens with zero attached hydrogens (tertiary/aromatic N) is 6. The molecule has 18 rings (SSSR count). The molecule has 2 aromatic heterocycles. The Balaban J connectivity index is 0.999. The standard InChI is InChI=1S/C110H101BN6/c1-105(2,3)77-29-23-27-74(55-77)86-57-72(70-33-31-68(67-112)32-34-70)37-49-94(86)116-100-65-84(114-96-51-39-79(107(7,8)9)61-88(96)89-62-80(108(10,11)12)40-52-97(89)114)45-47-92(100)111-93-48-46-85(115-98-53-41-81(109(13,14)15)63-90(98)91-64-82(110(16,17)18)42-54-99(91)115)66-101(93)117(103-60-76(59-102(116)104(103)111)69-25-21-20-22-26-69)95-50-38-73(71-35-43-83(113-19)44-36-71)58-87(95)75-28-24-30-78(56-75)106(4,5)6/h20-66H,1-18H3. The largest absolute Gasteiger partial charge is 0.311 e. The molecule has 16 aromatic rings. The van der Waals surface area contributed by atoms with Crippen molar-refractivity contribution in [3.8, 4) is 73.1 Å². The molecule has 0 atom stereocenters. The molecule has 6 nitrogen and oxygen atoms in total. The predicted octanol–water partition coefficient (Wildman–Crippen LogP) is 28.5. The summed E-state index contributed by atoms with van der Waals surface area (Å²) in [5.74, 6) is 0. The van der Waals surface area contributed by atoms with Crippen molar-refractivity contribution in [3.05, 3.63) is 335 Å². The summed E-state index contributed by atoms with van der Waals surface area (Å²) in [4.78, 5) is 9.12. The molecule has 117 heavy (non-hydrogen) atoms. The average Bonchev–Trinajstić information content (AvgIpc) is 1.11. The van der Waals surface area contributed by atoms with E-state index in [2.05, 4.69) is 415 Å². The van der Waals surface area contributed by atoms with E-state index >= 15 is 0 Å². The first-order chi connectivity index (χ1) is 55.7. The Kier molecular flexibility index (Phi) is 17.8. The molecule has 2 aliphatic heterocycles. The zero-order valence-electron chi connectivity index (χ0n) is 70.9. The van der Waals surface area contributed by atoms with E-state index in [1.807, 2.05) is 24.3 Å². The maximum absolute atomic E-state index is 10.2. The minimum Gasteiger partial charge on any atom is -0.311 e. The maximum Gasteiger partial charge on any atom is 0.252 e. The van der Waals surface area contributed by atoms with Gasteiger partial charge in [-0.1, -0.05) is 288 Å². The van der Waals surface area contributed by atoms with Gasteiger partial charge in [0.1, 0.15) is 0 Å². The Hall–Kier alpha value is -12.7. The summed E-state index contributed by atoms with van der Waals surface area (Å²) in [6.07, 6.45) is 0. The van der Waals surface area contributed by atoms with E-state index in [9.17, 15) is 5.26 Å². The van der Waals surface area contributed by atoms with Gasteiger partial charge in [0.2, 0.25) is 0 Å². The maximum atomic E-state index is 10.2. The second-order valence-electron chi connectivity index (χ2n) is 39.0. The third kappa shape index (κ3) is 13.2. The van der Waals surface area contributed by atoms with E-state index in [1.165, 1.54) is 71.3 Å². The fourth-order valence-corrected chi connectivity index (χ4v) is 18.1. The lowest BCUT2D eigenvalue weighted by atomic mass is 9.33. The molecule has 0 bridgehead atoms. The van der Waals surface area contributed by atoms with Crippen molar-refractivity contribution in [1.29, 1.82) is 5.26 Å². The molecule has 0 fully saturated rings. The number of nitriles is 1. The fourth-order valence-electron chi connectivity index (χ4n) is 18.1. The summed E-state index contributed by atoms with van der Waals surface area (Å²) < 4.78 is 5.07. The van der Waals surface area contributed by atoms with Crippen LogP contribution in [0.1, 0.15) is 164 Å². The van der Waals surface area contributed by atoms with Crippen LogP contribution in [-0.4, -0.2) is 15.8 Å². The number of aromatic nitrogens is 2. The van der Waals surface area contributed by atoms with Crippen molar-refractivity contribution in [1.82, 2.24) is 9.13 Å². The number of hydrogen-bond donors (Lipinski definition) is 0. The quantitative estimate of drug-likeness (QED) is 0.107. The molecule has 574 valence electrons. The minimum atomic E-state index is -0.303. The summed E-state index contributed by atoms with van der Waals surface area (Å²) in [5.41, 5.74) is 35.6. The van der Waals surface area contributed by atoms with Gasteiger partial charge in [0.25, 0.3) is 6.71 Å². The number of benzene rings is 14. The highest BCUT2D eigenvalue weighted by atomic mass is 15.2. The Morgan fingerprint density at radius 2 is 0.624 bits per heavy atom. The van der Waals surface area contributed by atoms with Crippen LogP contribution in [0, 0.1) is 17.9 Å². The molecule has 0 N–H and O–H groups in total. The molecular weight excluding hydrogens is 1420 g/mol. The lowest BCUT2D eigenvalue weighted by molar-refractivity contribution is 0.590. The zero-order valence-corrected chi connectivity index (χ0v) is 70.9. The van der Waals surface area contributed by atoms with Gasteiger partial charge in [-0.05, 0) is 248 Å². The van der Waals surface area contributed by atoms with Crippen molar-refractivity contribution in [2.45, 2.75) is 157 Å². The number of rotatable bonds is 9. The lowest BCUT2D eigenvalue weighted by Crippen LogP contribution is -2.61. The summed E-state index contributed by atoms with van der Waals surface area (Å²) in [6, 6.07) is 111. The van der Waals surface area contributed by atoms with E-state index in [1.54, 1.807) is 0 Å². The van der Waals surface area contributed by atoms with Crippen molar-refractivity contribution < 1.29 is 0 Å². The molecule has 4 heterocycles. The minimum absolute atomic E-state index is 0.0841. The first kappa shape index (κ1) is 75.7. The summed E-state index contributed by atoms with van der Waals surface area (Å²) in [6.45, 7) is 49.4. The molecule has 0 spiro atoms. The molecule has 0 amide bonds. The van der Waals surface area contributed by atoms with Crippen LogP contribution in [0.25, 0.3) is 115 Å². The topological polar surface area (TPSA) is 44.5 Å². The predicted molar refractivity (Wildman–Crippen MR) is 499 cm³/mol. The van der Waals surface area contributed by atoms with Gasteiger partial charge < -0.3 is 18.9 Å². The van der Waals surface area contributed by atoms with Gasteiger partial charge in [0, 0.05) is 66.8 Å². The molecular formula is C110H101BN6. The van der Waals surface area contributed by atoms with Crippen molar-refractivity contribution in [3.63, 3.8) is 0 Å². The van der Waals surface area contributed by atoms with E-state index in [0.717, 1.165) is 123 Å². The van der Waals surface area contributed by atoms with E-state index in [0.29, 0.717) is 11.3 Å². The molecule has 0 saturated carbocycles. The highest BCUT2D eigenvalue weighted by Gasteiger charge is 2.46. The van der Waals surface area contributed by atoms with E-state index in [4.69, 9.17) is 6.57 Å². The lowest BCUT2D eigenvalue weighted by Gasteiger charge is -2.45. The van der Waals surface area contributed by atoms with Gasteiger partial charge in [-0.25, -0.2) is 4.85 Å². The first-order valence-electron chi connectivity index (χ1n) is 41.5. The molecule has 2 aliphatic rings. The summed E-state index contributed by atoms with van der Waals surface area (Å²) in [7, 11) is 0. The smallest absolute Gasteiger partial charge is 0.252 e. The number of fused-ring (bicyclic) bond motifs is 10. The van der Waals surface area contributed by atoms with E-state index < -0.39 is 0 Å². The van der Waals surface area contributed by atoms with Crippen LogP contribution in [0.2, 0.25) is 0 Å². The van der Waals surface area contributed by atoms with Crippen LogP contribution in [0.15, 0.2) is 285 Å².